The Hall–Kier alpha value is -2.08. The molecule has 1 unspecified atom stereocenters. The summed E-state index contributed by atoms with van der Waals surface area (Å²) in [6.07, 6.45) is 0. The maximum Gasteiger partial charge on any atom is 0.262 e. The van der Waals surface area contributed by atoms with Gasteiger partial charge in [0.15, 0.2) is 6.61 Å². The van der Waals surface area contributed by atoms with Crippen molar-refractivity contribution >= 4 is 28.6 Å². The van der Waals surface area contributed by atoms with Crippen molar-refractivity contribution in [2.24, 2.45) is 0 Å². The highest BCUT2D eigenvalue weighted by Crippen LogP contribution is 2.32. The van der Waals surface area contributed by atoms with Crippen molar-refractivity contribution in [1.82, 2.24) is 4.98 Å². The number of benzene rings is 1. The lowest BCUT2D eigenvalue weighted by atomic mass is 10.2. The number of thiazole rings is 1. The molecule has 1 amide bonds. The number of ether oxygens (including phenoxy) is 1. The number of carbonyl (C=O) groups excluding carboxylic acids is 1. The van der Waals surface area contributed by atoms with Gasteiger partial charge in [0.2, 0.25) is 0 Å². The molecule has 110 valence electrons. The third kappa shape index (κ3) is 2.85. The molecule has 1 aliphatic heterocycles. The van der Waals surface area contributed by atoms with Crippen LogP contribution in [0.15, 0.2) is 18.2 Å². The van der Waals surface area contributed by atoms with Gasteiger partial charge in [-0.2, -0.15) is 0 Å². The minimum Gasteiger partial charge on any atom is -0.482 e. The van der Waals surface area contributed by atoms with E-state index in [9.17, 15) is 4.79 Å². The Morgan fingerprint density at radius 3 is 2.95 bits per heavy atom. The lowest BCUT2D eigenvalue weighted by Crippen LogP contribution is -2.25. The lowest BCUT2D eigenvalue weighted by molar-refractivity contribution is -0.118. The number of hydrogen-bond donors (Lipinski definition) is 2. The molecule has 0 fully saturated rings. The second-order valence-corrected chi connectivity index (χ2v) is 6.50. The Balaban J connectivity index is 1.80. The zero-order chi connectivity index (χ0) is 15.0. The molecule has 2 heterocycles. The number of aromatic nitrogens is 1. The minimum absolute atomic E-state index is 0.0769. The molecule has 21 heavy (non-hydrogen) atoms. The summed E-state index contributed by atoms with van der Waals surface area (Å²) in [7, 11) is 0. The first-order valence-corrected chi connectivity index (χ1v) is 7.62. The van der Waals surface area contributed by atoms with Gasteiger partial charge in [0.1, 0.15) is 5.75 Å². The summed E-state index contributed by atoms with van der Waals surface area (Å²) in [5.74, 6) is 0.576. The quantitative estimate of drug-likeness (QED) is 0.913. The van der Waals surface area contributed by atoms with E-state index >= 15 is 0 Å². The average Bonchev–Trinajstić information content (AvgIpc) is 2.77. The van der Waals surface area contributed by atoms with E-state index in [2.05, 4.69) is 29.5 Å². The summed E-state index contributed by atoms with van der Waals surface area (Å²) in [5, 5.41) is 7.30. The van der Waals surface area contributed by atoms with Gasteiger partial charge in [-0.15, -0.1) is 11.3 Å². The third-order valence-corrected chi connectivity index (χ3v) is 4.25. The van der Waals surface area contributed by atoms with Gasteiger partial charge < -0.3 is 15.4 Å². The topological polar surface area (TPSA) is 63.2 Å². The monoisotopic (exact) mass is 303 g/mol. The SMILES string of the molecule is Cc1nc(C(C)Nc2ccc3c(c2)NC(=O)CO3)c(C)s1. The zero-order valence-electron chi connectivity index (χ0n) is 12.2. The normalized spacial score (nSPS) is 14.9. The van der Waals surface area contributed by atoms with Crippen molar-refractivity contribution in [3.63, 3.8) is 0 Å². The molecule has 3 rings (SSSR count). The van der Waals surface area contributed by atoms with Gasteiger partial charge in [-0.25, -0.2) is 4.98 Å². The predicted octanol–water partition coefficient (Wildman–Crippen LogP) is 3.26. The highest BCUT2D eigenvalue weighted by Gasteiger charge is 2.17. The largest absolute Gasteiger partial charge is 0.482 e. The Bertz CT molecular complexity index is 696. The highest BCUT2D eigenvalue weighted by atomic mass is 32.1. The first-order valence-electron chi connectivity index (χ1n) is 6.80. The average molecular weight is 303 g/mol. The first-order chi connectivity index (χ1) is 10.0. The number of hydrogen-bond acceptors (Lipinski definition) is 5. The molecule has 2 N–H and O–H groups in total. The van der Waals surface area contributed by atoms with Crippen LogP contribution < -0.4 is 15.4 Å². The second-order valence-electron chi connectivity index (χ2n) is 5.09. The smallest absolute Gasteiger partial charge is 0.262 e. The van der Waals surface area contributed by atoms with Crippen LogP contribution in [-0.4, -0.2) is 17.5 Å². The van der Waals surface area contributed by atoms with Gasteiger partial charge in [-0.3, -0.25) is 4.79 Å². The number of aryl methyl sites for hydroxylation is 2. The number of nitrogens with zero attached hydrogens (tertiary/aromatic N) is 1. The first kappa shape index (κ1) is 13.9. The second kappa shape index (κ2) is 5.37. The number of nitrogens with one attached hydrogen (secondary N) is 2. The molecule has 0 saturated heterocycles. The van der Waals surface area contributed by atoms with Crippen LogP contribution in [0.1, 0.15) is 28.5 Å². The number of rotatable bonds is 3. The van der Waals surface area contributed by atoms with Gasteiger partial charge in [-0.05, 0) is 39.0 Å². The molecule has 0 bridgehead atoms. The molecule has 1 aromatic carbocycles. The molecule has 1 aromatic heterocycles. The Kier molecular flexibility index (Phi) is 3.55. The van der Waals surface area contributed by atoms with Crippen LogP contribution in [0.5, 0.6) is 5.75 Å². The van der Waals surface area contributed by atoms with Gasteiger partial charge in [0, 0.05) is 10.6 Å². The summed E-state index contributed by atoms with van der Waals surface area (Å²) < 4.78 is 5.35. The molecule has 5 nitrogen and oxygen atoms in total. The van der Waals surface area contributed by atoms with E-state index in [0.717, 1.165) is 16.4 Å². The maximum absolute atomic E-state index is 11.4. The summed E-state index contributed by atoms with van der Waals surface area (Å²) in [6.45, 7) is 6.25. The van der Waals surface area contributed by atoms with Crippen LogP contribution in [0, 0.1) is 13.8 Å². The van der Waals surface area contributed by atoms with Crippen LogP contribution in [0.4, 0.5) is 11.4 Å². The molecule has 0 spiro atoms. The molecule has 0 saturated carbocycles. The van der Waals surface area contributed by atoms with E-state index in [0.29, 0.717) is 11.4 Å². The van der Waals surface area contributed by atoms with Crippen molar-refractivity contribution in [3.8, 4) is 5.75 Å². The number of carbonyl (C=O) groups is 1. The molecule has 0 radical (unpaired) electrons. The Labute approximate surface area is 127 Å². The number of amides is 1. The van der Waals surface area contributed by atoms with Crippen molar-refractivity contribution in [2.45, 2.75) is 26.8 Å². The van der Waals surface area contributed by atoms with Crippen LogP contribution in [0.3, 0.4) is 0 Å². The summed E-state index contributed by atoms with van der Waals surface area (Å²) in [5.41, 5.74) is 2.70. The van der Waals surface area contributed by atoms with E-state index in [4.69, 9.17) is 4.74 Å². The van der Waals surface area contributed by atoms with Gasteiger partial charge in [0.05, 0.1) is 22.4 Å². The standard InChI is InChI=1S/C15H17N3O2S/c1-8(15-9(2)21-10(3)17-15)16-11-4-5-13-12(6-11)18-14(19)7-20-13/h4-6,8,16H,7H2,1-3H3,(H,18,19). The van der Waals surface area contributed by atoms with E-state index in [1.807, 2.05) is 25.1 Å². The molecular weight excluding hydrogens is 286 g/mol. The summed E-state index contributed by atoms with van der Waals surface area (Å²) in [6, 6.07) is 5.80. The lowest BCUT2D eigenvalue weighted by Gasteiger charge is -2.20. The minimum atomic E-state index is -0.126. The molecular formula is C15H17N3O2S. The number of fused-ring (bicyclic) bond motifs is 1. The third-order valence-electron chi connectivity index (χ3n) is 3.35. The Morgan fingerprint density at radius 1 is 1.43 bits per heavy atom. The maximum atomic E-state index is 11.4. The molecule has 2 aromatic rings. The van der Waals surface area contributed by atoms with Gasteiger partial charge >= 0.3 is 0 Å². The van der Waals surface area contributed by atoms with Crippen molar-refractivity contribution < 1.29 is 9.53 Å². The van der Waals surface area contributed by atoms with Gasteiger partial charge in [-0.1, -0.05) is 0 Å². The van der Waals surface area contributed by atoms with Crippen molar-refractivity contribution in [2.75, 3.05) is 17.2 Å². The summed E-state index contributed by atoms with van der Waals surface area (Å²) in [4.78, 5) is 17.2. The Morgan fingerprint density at radius 2 is 2.24 bits per heavy atom. The van der Waals surface area contributed by atoms with E-state index in [1.54, 1.807) is 11.3 Å². The van der Waals surface area contributed by atoms with Crippen LogP contribution in [0.2, 0.25) is 0 Å². The predicted molar refractivity (Wildman–Crippen MR) is 84.2 cm³/mol. The van der Waals surface area contributed by atoms with Crippen LogP contribution >= 0.6 is 11.3 Å². The molecule has 1 atom stereocenters. The fourth-order valence-corrected chi connectivity index (χ4v) is 3.35. The molecule has 0 aliphatic carbocycles. The van der Waals surface area contributed by atoms with Crippen molar-refractivity contribution in [1.29, 1.82) is 0 Å². The highest BCUT2D eigenvalue weighted by molar-refractivity contribution is 7.11. The van der Waals surface area contributed by atoms with Crippen LogP contribution in [-0.2, 0) is 4.79 Å². The molecule has 6 heteroatoms. The van der Waals surface area contributed by atoms with E-state index in [1.165, 1.54) is 4.88 Å². The van der Waals surface area contributed by atoms with Crippen molar-refractivity contribution in [3.05, 3.63) is 33.8 Å². The number of anilines is 2. The van der Waals surface area contributed by atoms with Gasteiger partial charge in [0.25, 0.3) is 5.91 Å². The summed E-state index contributed by atoms with van der Waals surface area (Å²) >= 11 is 1.70. The van der Waals surface area contributed by atoms with E-state index in [-0.39, 0.29) is 18.6 Å². The van der Waals surface area contributed by atoms with E-state index < -0.39 is 0 Å². The fraction of sp³-hybridized carbons (Fsp3) is 0.333. The zero-order valence-corrected chi connectivity index (χ0v) is 13.0. The fourth-order valence-electron chi connectivity index (χ4n) is 2.44. The van der Waals surface area contributed by atoms with Crippen LogP contribution in [0.25, 0.3) is 0 Å². The molecule has 1 aliphatic rings.